The van der Waals surface area contributed by atoms with Gasteiger partial charge in [-0.1, -0.05) is 0 Å². The lowest BCUT2D eigenvalue weighted by Gasteiger charge is -2.32. The second-order valence-corrected chi connectivity index (χ2v) is 8.35. The molecule has 1 aliphatic rings. The first-order valence-electron chi connectivity index (χ1n) is 6.26. The third kappa shape index (κ3) is 3.35. The average Bonchev–Trinajstić information content (AvgIpc) is 2.41. The molecule has 10 heteroatoms. The molecule has 0 spiro atoms. The van der Waals surface area contributed by atoms with Crippen molar-refractivity contribution in [2.75, 3.05) is 31.9 Å². The fourth-order valence-electron chi connectivity index (χ4n) is 2.12. The van der Waals surface area contributed by atoms with Gasteiger partial charge in [-0.3, -0.25) is 0 Å². The Balaban J connectivity index is 2.20. The molecule has 8 nitrogen and oxygen atoms in total. The van der Waals surface area contributed by atoms with E-state index in [0.29, 0.717) is 11.3 Å². The molecule has 0 atom stereocenters. The summed E-state index contributed by atoms with van der Waals surface area (Å²) >= 11 is 0. The quantitative estimate of drug-likeness (QED) is 0.692. The van der Waals surface area contributed by atoms with Crippen LogP contribution in [0.2, 0.25) is 0 Å². The fraction of sp³-hybridized carbons (Fsp3) is 0.455. The van der Waals surface area contributed by atoms with Gasteiger partial charge in [-0.15, -0.1) is 0 Å². The van der Waals surface area contributed by atoms with E-state index >= 15 is 0 Å². The van der Waals surface area contributed by atoms with Crippen molar-refractivity contribution in [3.05, 3.63) is 23.8 Å². The van der Waals surface area contributed by atoms with Crippen molar-refractivity contribution >= 4 is 25.9 Å². The number of sulfonamides is 1. The van der Waals surface area contributed by atoms with Gasteiger partial charge in [0.05, 0.1) is 4.90 Å². The molecule has 2 rings (SSSR count). The first-order chi connectivity index (χ1) is 9.62. The number of anilines is 1. The molecule has 0 bridgehead atoms. The Morgan fingerprint density at radius 1 is 1.00 bits per heavy atom. The smallest absolute Gasteiger partial charge is 0.276 e. The van der Waals surface area contributed by atoms with Crippen molar-refractivity contribution in [3.63, 3.8) is 0 Å². The van der Waals surface area contributed by atoms with Gasteiger partial charge in [0.15, 0.2) is 0 Å². The van der Waals surface area contributed by atoms with Crippen LogP contribution in [0.15, 0.2) is 23.1 Å². The Bertz CT molecular complexity index is 737. The predicted molar refractivity (Wildman–Crippen MR) is 79.0 cm³/mol. The monoisotopic (exact) mass is 334 g/mol. The maximum absolute atomic E-state index is 12.5. The Kier molecular flexibility index (Phi) is 4.26. The van der Waals surface area contributed by atoms with Crippen molar-refractivity contribution < 1.29 is 16.8 Å². The molecule has 1 aliphatic heterocycles. The lowest BCUT2D eigenvalue weighted by molar-refractivity contribution is 0.273. The highest BCUT2D eigenvalue weighted by molar-refractivity contribution is 7.89. The van der Waals surface area contributed by atoms with Crippen LogP contribution in [0.1, 0.15) is 5.56 Å². The van der Waals surface area contributed by atoms with Gasteiger partial charge in [0.2, 0.25) is 10.0 Å². The van der Waals surface area contributed by atoms with Crippen LogP contribution in [-0.4, -0.2) is 51.6 Å². The first-order valence-corrected chi connectivity index (χ1v) is 9.21. The number of piperazine rings is 1. The van der Waals surface area contributed by atoms with Crippen LogP contribution < -0.4 is 10.9 Å². The maximum atomic E-state index is 12.5. The van der Waals surface area contributed by atoms with Gasteiger partial charge < -0.3 is 5.73 Å². The number of nitrogens with zero attached hydrogens (tertiary/aromatic N) is 2. The standard InChI is InChI=1S/C11H18N4O4S2/c1-9-8-10(2-3-11(9)12)20(16,17)14-4-6-15(7-5-14)21(13,18)19/h2-3,8H,4-7,12H2,1H3,(H2,13,18,19). The van der Waals surface area contributed by atoms with E-state index in [1.165, 1.54) is 16.4 Å². The summed E-state index contributed by atoms with van der Waals surface area (Å²) in [4.78, 5) is 0.151. The molecular formula is C11H18N4O4S2. The van der Waals surface area contributed by atoms with Gasteiger partial charge in [0.25, 0.3) is 10.2 Å². The van der Waals surface area contributed by atoms with Crippen molar-refractivity contribution in [1.82, 2.24) is 8.61 Å². The highest BCUT2D eigenvalue weighted by atomic mass is 32.2. The Labute approximate surface area is 124 Å². The van der Waals surface area contributed by atoms with E-state index in [4.69, 9.17) is 10.9 Å². The molecule has 0 aromatic heterocycles. The van der Waals surface area contributed by atoms with Crippen LogP contribution in [0.25, 0.3) is 0 Å². The number of hydrogen-bond acceptors (Lipinski definition) is 5. The van der Waals surface area contributed by atoms with Crippen LogP contribution in [-0.2, 0) is 20.2 Å². The lowest BCUT2D eigenvalue weighted by Crippen LogP contribution is -2.52. The van der Waals surface area contributed by atoms with Crippen molar-refractivity contribution in [3.8, 4) is 0 Å². The fourth-order valence-corrected chi connectivity index (χ4v) is 4.30. The van der Waals surface area contributed by atoms with Crippen LogP contribution in [0.3, 0.4) is 0 Å². The second kappa shape index (κ2) is 5.54. The number of nitrogens with two attached hydrogens (primary N) is 2. The molecular weight excluding hydrogens is 316 g/mol. The summed E-state index contributed by atoms with van der Waals surface area (Å²) < 4.78 is 49.7. The van der Waals surface area contributed by atoms with E-state index in [2.05, 4.69) is 0 Å². The average molecular weight is 334 g/mol. The lowest BCUT2D eigenvalue weighted by atomic mass is 10.2. The molecule has 0 amide bonds. The molecule has 1 fully saturated rings. The van der Waals surface area contributed by atoms with E-state index < -0.39 is 20.2 Å². The van der Waals surface area contributed by atoms with Gasteiger partial charge in [0.1, 0.15) is 0 Å². The zero-order valence-corrected chi connectivity index (χ0v) is 13.2. The van der Waals surface area contributed by atoms with Crippen LogP contribution in [0.5, 0.6) is 0 Å². The van der Waals surface area contributed by atoms with Gasteiger partial charge >= 0.3 is 0 Å². The third-order valence-electron chi connectivity index (χ3n) is 3.44. The minimum Gasteiger partial charge on any atom is -0.399 e. The Morgan fingerprint density at radius 2 is 1.52 bits per heavy atom. The van der Waals surface area contributed by atoms with Crippen LogP contribution >= 0.6 is 0 Å². The zero-order chi connectivity index (χ0) is 15.8. The number of aryl methyl sites for hydroxylation is 1. The van der Waals surface area contributed by atoms with Crippen molar-refractivity contribution in [2.24, 2.45) is 5.14 Å². The molecule has 0 saturated carbocycles. The summed E-state index contributed by atoms with van der Waals surface area (Å²) in [7, 11) is -7.43. The second-order valence-electron chi connectivity index (χ2n) is 4.87. The maximum Gasteiger partial charge on any atom is 0.276 e. The minimum atomic E-state index is -3.78. The van der Waals surface area contributed by atoms with E-state index in [1.807, 2.05) is 0 Å². The Hall–Kier alpha value is -1.20. The van der Waals surface area contributed by atoms with E-state index in [-0.39, 0.29) is 31.1 Å². The minimum absolute atomic E-state index is 0.0476. The molecule has 4 N–H and O–H groups in total. The third-order valence-corrected chi connectivity index (χ3v) is 6.42. The number of rotatable bonds is 3. The molecule has 0 aliphatic carbocycles. The van der Waals surface area contributed by atoms with Gasteiger partial charge in [0, 0.05) is 31.9 Å². The molecule has 0 radical (unpaired) electrons. The molecule has 1 aromatic carbocycles. The van der Waals surface area contributed by atoms with Gasteiger partial charge in [-0.25, -0.2) is 13.6 Å². The molecule has 21 heavy (non-hydrogen) atoms. The molecule has 1 saturated heterocycles. The Morgan fingerprint density at radius 3 is 2.00 bits per heavy atom. The SMILES string of the molecule is Cc1cc(S(=O)(=O)N2CCN(S(N)(=O)=O)CC2)ccc1N. The number of hydrogen-bond donors (Lipinski definition) is 2. The van der Waals surface area contributed by atoms with Crippen LogP contribution in [0, 0.1) is 6.92 Å². The van der Waals surface area contributed by atoms with Crippen molar-refractivity contribution in [2.45, 2.75) is 11.8 Å². The summed E-state index contributed by atoms with van der Waals surface area (Å²) in [6, 6.07) is 4.50. The van der Waals surface area contributed by atoms with E-state index in [0.717, 1.165) is 4.31 Å². The summed E-state index contributed by atoms with van der Waals surface area (Å²) in [6.07, 6.45) is 0. The highest BCUT2D eigenvalue weighted by Gasteiger charge is 2.31. The van der Waals surface area contributed by atoms with Gasteiger partial charge in [-0.2, -0.15) is 17.0 Å². The van der Waals surface area contributed by atoms with Crippen LogP contribution in [0.4, 0.5) is 5.69 Å². The van der Waals surface area contributed by atoms with E-state index in [9.17, 15) is 16.8 Å². The molecule has 1 heterocycles. The number of nitrogen functional groups attached to an aromatic ring is 1. The summed E-state index contributed by atoms with van der Waals surface area (Å²) in [5, 5.41) is 5.03. The summed E-state index contributed by atoms with van der Waals surface area (Å²) in [6.45, 7) is 1.97. The summed E-state index contributed by atoms with van der Waals surface area (Å²) in [5.74, 6) is 0. The number of benzene rings is 1. The predicted octanol–water partition coefficient (Wildman–Crippen LogP) is -0.913. The first kappa shape index (κ1) is 16.2. The molecule has 1 aromatic rings. The van der Waals surface area contributed by atoms with Gasteiger partial charge in [-0.05, 0) is 30.7 Å². The van der Waals surface area contributed by atoms with Crippen molar-refractivity contribution in [1.29, 1.82) is 0 Å². The summed E-state index contributed by atoms with van der Waals surface area (Å²) in [5.41, 5.74) is 6.88. The zero-order valence-electron chi connectivity index (χ0n) is 11.6. The highest BCUT2D eigenvalue weighted by Crippen LogP contribution is 2.21. The molecule has 118 valence electrons. The topological polar surface area (TPSA) is 127 Å². The largest absolute Gasteiger partial charge is 0.399 e. The normalized spacial score (nSPS) is 18.8. The molecule has 0 unspecified atom stereocenters. The van der Waals surface area contributed by atoms with E-state index in [1.54, 1.807) is 13.0 Å².